The summed E-state index contributed by atoms with van der Waals surface area (Å²) in [6, 6.07) is 21.9. The van der Waals surface area contributed by atoms with Crippen LogP contribution in [0, 0.1) is 0 Å². The average molecular weight is 386 g/mol. The van der Waals surface area contributed by atoms with Crippen LogP contribution in [0.1, 0.15) is 0 Å². The fraction of sp³-hybridized carbons (Fsp3) is 0. The Labute approximate surface area is 146 Å². The number of rotatable bonds is 2. The first-order valence-corrected chi connectivity index (χ1v) is 8.31. The summed E-state index contributed by atoms with van der Waals surface area (Å²) < 4.78 is 3.08. The molecule has 0 radical (unpaired) electrons. The first-order valence-electron chi connectivity index (χ1n) is 7.14. The van der Waals surface area contributed by atoms with Crippen molar-refractivity contribution in [1.82, 2.24) is 9.90 Å². The second kappa shape index (κ2) is 5.80. The summed E-state index contributed by atoms with van der Waals surface area (Å²) >= 11 is 9.47. The Hall–Kier alpha value is -2.17. The van der Waals surface area contributed by atoms with Crippen molar-refractivity contribution in [3.63, 3.8) is 0 Å². The van der Waals surface area contributed by atoms with Crippen molar-refractivity contribution in [2.75, 3.05) is 0 Å². The molecular formula is C18H12BrClN3+. The Morgan fingerprint density at radius 1 is 0.913 bits per heavy atom. The molecule has 3 nitrogen and oxygen atoms in total. The second-order valence-electron chi connectivity index (χ2n) is 5.15. The highest BCUT2D eigenvalue weighted by atomic mass is 79.9. The lowest BCUT2D eigenvalue weighted by Crippen LogP contribution is -2.31. The van der Waals surface area contributed by atoms with Gasteiger partial charge in [-0.05, 0) is 65.5 Å². The third-order valence-corrected chi connectivity index (χ3v) is 4.44. The van der Waals surface area contributed by atoms with Crippen LogP contribution in [0.4, 0.5) is 0 Å². The van der Waals surface area contributed by atoms with Gasteiger partial charge in [0, 0.05) is 15.1 Å². The van der Waals surface area contributed by atoms with Gasteiger partial charge in [0.05, 0.1) is 5.10 Å². The van der Waals surface area contributed by atoms with Crippen molar-refractivity contribution in [2.45, 2.75) is 0 Å². The van der Waals surface area contributed by atoms with Crippen LogP contribution in [0.2, 0.25) is 5.02 Å². The zero-order chi connectivity index (χ0) is 15.8. The van der Waals surface area contributed by atoms with Gasteiger partial charge < -0.3 is 0 Å². The fourth-order valence-corrected chi connectivity index (χ4v) is 2.94. The van der Waals surface area contributed by atoms with E-state index in [2.05, 4.69) is 22.0 Å². The number of hydrogen-bond donors (Lipinski definition) is 0. The SMILES string of the molecule is Clc1ccc(-c2nn(-c3ccc(Br)cc3)[n+]3ccccc23)cc1. The fourth-order valence-electron chi connectivity index (χ4n) is 2.55. The standard InChI is InChI=1S/C18H12BrClN3/c19-14-6-10-16(11-7-14)23-21-18(13-4-8-15(20)9-5-13)17-3-1-2-12-22(17)23/h1-12H/q+1. The Kier molecular flexibility index (Phi) is 3.63. The molecule has 0 bridgehead atoms. The summed E-state index contributed by atoms with van der Waals surface area (Å²) in [5.74, 6) is 0. The lowest BCUT2D eigenvalue weighted by molar-refractivity contribution is -0.603. The number of hydrogen-bond acceptors (Lipinski definition) is 1. The number of fused-ring (bicyclic) bond motifs is 1. The van der Waals surface area contributed by atoms with Crippen LogP contribution >= 0.6 is 27.5 Å². The van der Waals surface area contributed by atoms with Crippen LogP contribution in [0.25, 0.3) is 22.5 Å². The minimum atomic E-state index is 0.720. The van der Waals surface area contributed by atoms with E-state index in [9.17, 15) is 0 Å². The van der Waals surface area contributed by atoms with Gasteiger partial charge in [-0.2, -0.15) is 0 Å². The lowest BCUT2D eigenvalue weighted by Gasteiger charge is -1.96. The summed E-state index contributed by atoms with van der Waals surface area (Å²) in [5.41, 5.74) is 3.99. The number of aromatic nitrogens is 3. The Balaban J connectivity index is 1.96. The van der Waals surface area contributed by atoms with Crippen molar-refractivity contribution in [2.24, 2.45) is 0 Å². The Morgan fingerprint density at radius 3 is 2.39 bits per heavy atom. The lowest BCUT2D eigenvalue weighted by atomic mass is 10.1. The molecule has 0 amide bonds. The zero-order valence-corrected chi connectivity index (χ0v) is 14.4. The van der Waals surface area contributed by atoms with E-state index in [0.717, 1.165) is 32.0 Å². The molecule has 0 aliphatic rings. The molecule has 0 unspecified atom stereocenters. The molecule has 2 aromatic heterocycles. The van der Waals surface area contributed by atoms with E-state index in [-0.39, 0.29) is 0 Å². The molecule has 0 aliphatic carbocycles. The minimum Gasteiger partial charge on any atom is -0.120 e. The van der Waals surface area contributed by atoms with Gasteiger partial charge in [0.15, 0.2) is 0 Å². The molecule has 0 fully saturated rings. The molecule has 4 aromatic rings. The molecule has 0 spiro atoms. The van der Waals surface area contributed by atoms with Crippen molar-refractivity contribution in [3.05, 3.63) is 82.4 Å². The molecule has 0 aliphatic heterocycles. The van der Waals surface area contributed by atoms with Crippen LogP contribution in [-0.4, -0.2) is 9.90 Å². The molecule has 5 heteroatoms. The van der Waals surface area contributed by atoms with Gasteiger partial charge in [-0.15, -0.1) is 4.52 Å². The van der Waals surface area contributed by atoms with Crippen molar-refractivity contribution < 1.29 is 4.52 Å². The summed E-state index contributed by atoms with van der Waals surface area (Å²) in [6.07, 6.45) is 2.00. The normalized spacial score (nSPS) is 11.0. The number of halogens is 2. The number of nitrogens with zero attached hydrogens (tertiary/aromatic N) is 3. The quantitative estimate of drug-likeness (QED) is 0.459. The summed E-state index contributed by atoms with van der Waals surface area (Å²) in [4.78, 5) is 1.89. The molecule has 23 heavy (non-hydrogen) atoms. The molecule has 0 atom stereocenters. The minimum absolute atomic E-state index is 0.720. The maximum Gasteiger partial charge on any atom is 0.257 e. The van der Waals surface area contributed by atoms with E-state index < -0.39 is 0 Å². The maximum absolute atomic E-state index is 6.00. The van der Waals surface area contributed by atoms with Crippen molar-refractivity contribution in [3.8, 4) is 16.9 Å². The Bertz CT molecular complexity index is 896. The molecule has 4 rings (SSSR count). The first kappa shape index (κ1) is 14.4. The molecular weight excluding hydrogens is 374 g/mol. The van der Waals surface area contributed by atoms with E-state index in [0.29, 0.717) is 0 Å². The molecule has 2 heterocycles. The number of pyridine rings is 1. The van der Waals surface area contributed by atoms with Gasteiger partial charge in [-0.3, -0.25) is 0 Å². The predicted molar refractivity (Wildman–Crippen MR) is 94.9 cm³/mol. The topological polar surface area (TPSA) is 21.9 Å². The summed E-state index contributed by atoms with van der Waals surface area (Å²) in [5, 5.41) is 5.53. The average Bonchev–Trinajstić information content (AvgIpc) is 2.96. The van der Waals surface area contributed by atoms with E-state index in [1.54, 1.807) is 0 Å². The molecule has 0 saturated carbocycles. The molecule has 2 aromatic carbocycles. The summed E-state index contributed by atoms with van der Waals surface area (Å²) in [7, 11) is 0. The van der Waals surface area contributed by atoms with Crippen LogP contribution in [0.3, 0.4) is 0 Å². The Morgan fingerprint density at radius 2 is 1.65 bits per heavy atom. The van der Waals surface area contributed by atoms with Crippen molar-refractivity contribution >= 4 is 33.0 Å². The third kappa shape index (κ3) is 2.64. The van der Waals surface area contributed by atoms with Gasteiger partial charge in [-0.25, -0.2) is 0 Å². The maximum atomic E-state index is 6.00. The van der Waals surface area contributed by atoms with Gasteiger partial charge in [-0.1, -0.05) is 33.6 Å². The predicted octanol–water partition coefficient (Wildman–Crippen LogP) is 4.69. The van der Waals surface area contributed by atoms with Crippen LogP contribution in [0.5, 0.6) is 0 Å². The first-order chi connectivity index (χ1) is 11.2. The molecule has 0 saturated heterocycles. The number of benzene rings is 2. The smallest absolute Gasteiger partial charge is 0.120 e. The van der Waals surface area contributed by atoms with Crippen LogP contribution in [0.15, 0.2) is 77.4 Å². The van der Waals surface area contributed by atoms with Crippen LogP contribution in [-0.2, 0) is 0 Å². The highest BCUT2D eigenvalue weighted by Crippen LogP contribution is 2.23. The highest BCUT2D eigenvalue weighted by Gasteiger charge is 2.22. The van der Waals surface area contributed by atoms with Crippen LogP contribution < -0.4 is 4.52 Å². The van der Waals surface area contributed by atoms with Gasteiger partial charge in [0.2, 0.25) is 5.52 Å². The summed E-state index contributed by atoms with van der Waals surface area (Å²) in [6.45, 7) is 0. The van der Waals surface area contributed by atoms with Gasteiger partial charge in [0.25, 0.3) is 5.69 Å². The molecule has 0 N–H and O–H groups in total. The van der Waals surface area contributed by atoms with E-state index >= 15 is 0 Å². The van der Waals surface area contributed by atoms with E-state index in [1.807, 2.05) is 76.2 Å². The van der Waals surface area contributed by atoms with Gasteiger partial charge in [0.1, 0.15) is 11.9 Å². The third-order valence-electron chi connectivity index (χ3n) is 3.66. The van der Waals surface area contributed by atoms with Crippen molar-refractivity contribution in [1.29, 1.82) is 0 Å². The molecule has 112 valence electrons. The largest absolute Gasteiger partial charge is 0.257 e. The van der Waals surface area contributed by atoms with E-state index in [4.69, 9.17) is 16.7 Å². The monoisotopic (exact) mass is 384 g/mol. The zero-order valence-electron chi connectivity index (χ0n) is 12.0. The van der Waals surface area contributed by atoms with E-state index in [1.165, 1.54) is 0 Å². The van der Waals surface area contributed by atoms with Gasteiger partial charge >= 0.3 is 0 Å². The highest BCUT2D eigenvalue weighted by molar-refractivity contribution is 9.10. The second-order valence-corrected chi connectivity index (χ2v) is 6.50.